The molecule has 0 fully saturated rings. The maximum Gasteiger partial charge on any atom is 0.139 e. The molecule has 5 heteroatoms. The van der Waals surface area contributed by atoms with E-state index in [2.05, 4.69) is 28.3 Å². The lowest BCUT2D eigenvalue weighted by molar-refractivity contribution is 0.281. The van der Waals surface area contributed by atoms with E-state index in [4.69, 9.17) is 11.6 Å². The van der Waals surface area contributed by atoms with E-state index < -0.39 is 0 Å². The third-order valence-corrected chi connectivity index (χ3v) is 5.01. The molecule has 4 rings (SSSR count). The molecule has 4 nitrogen and oxygen atoms in total. The van der Waals surface area contributed by atoms with Crippen LogP contribution < -0.4 is 5.32 Å². The van der Waals surface area contributed by atoms with Crippen LogP contribution in [-0.4, -0.2) is 15.1 Å². The Kier molecular flexibility index (Phi) is 4.84. The summed E-state index contributed by atoms with van der Waals surface area (Å²) >= 11 is 6.00. The third kappa shape index (κ3) is 3.42. The lowest BCUT2D eigenvalue weighted by Crippen LogP contribution is -2.00. The Hall–Kier alpha value is -2.82. The third-order valence-electron chi connectivity index (χ3n) is 4.75. The normalized spacial score (nSPS) is 11.1. The predicted octanol–water partition coefficient (Wildman–Crippen LogP) is 5.68. The Morgan fingerprint density at radius 2 is 1.89 bits per heavy atom. The minimum atomic E-state index is 0.0370. The molecule has 136 valence electrons. The molecule has 0 amide bonds. The van der Waals surface area contributed by atoms with Gasteiger partial charge in [0.25, 0.3) is 0 Å². The van der Waals surface area contributed by atoms with Crippen LogP contribution in [0.3, 0.4) is 0 Å². The second-order valence-corrected chi connectivity index (χ2v) is 6.83. The van der Waals surface area contributed by atoms with Crippen molar-refractivity contribution in [2.45, 2.75) is 20.0 Å². The van der Waals surface area contributed by atoms with Crippen molar-refractivity contribution >= 4 is 34.0 Å². The summed E-state index contributed by atoms with van der Waals surface area (Å²) in [5.41, 5.74) is 6.92. The van der Waals surface area contributed by atoms with Crippen LogP contribution in [0.5, 0.6) is 0 Å². The summed E-state index contributed by atoms with van der Waals surface area (Å²) in [4.78, 5) is 7.84. The van der Waals surface area contributed by atoms with Crippen LogP contribution >= 0.6 is 11.6 Å². The first-order chi connectivity index (χ1) is 13.2. The summed E-state index contributed by atoms with van der Waals surface area (Å²) in [5.74, 6) is 0. The number of anilines is 2. The van der Waals surface area contributed by atoms with Crippen molar-refractivity contribution in [1.29, 1.82) is 0 Å². The van der Waals surface area contributed by atoms with Crippen molar-refractivity contribution in [2.24, 2.45) is 0 Å². The Morgan fingerprint density at radius 3 is 2.63 bits per heavy atom. The van der Waals surface area contributed by atoms with E-state index in [9.17, 15) is 5.11 Å². The largest absolute Gasteiger partial charge is 0.392 e. The van der Waals surface area contributed by atoms with E-state index in [0.717, 1.165) is 51.2 Å². The van der Waals surface area contributed by atoms with Gasteiger partial charge in [-0.25, -0.2) is 4.98 Å². The van der Waals surface area contributed by atoms with Gasteiger partial charge in [-0.1, -0.05) is 42.8 Å². The van der Waals surface area contributed by atoms with Crippen LogP contribution in [0.2, 0.25) is 5.02 Å². The number of aromatic nitrogens is 2. The van der Waals surface area contributed by atoms with Gasteiger partial charge in [0, 0.05) is 28.0 Å². The topological polar surface area (TPSA) is 60.9 Å². The predicted molar refractivity (Wildman–Crippen MR) is 112 cm³/mol. The molecule has 0 atom stereocenters. The van der Waals surface area contributed by atoms with Gasteiger partial charge < -0.3 is 15.4 Å². The number of nitrogens with zero attached hydrogens (tertiary/aromatic N) is 1. The molecule has 0 bridgehead atoms. The highest BCUT2D eigenvalue weighted by Crippen LogP contribution is 2.32. The van der Waals surface area contributed by atoms with E-state index in [1.54, 1.807) is 6.20 Å². The zero-order chi connectivity index (χ0) is 18.8. The highest BCUT2D eigenvalue weighted by molar-refractivity contribution is 6.30. The number of aromatic amines is 1. The Morgan fingerprint density at radius 1 is 1.07 bits per heavy atom. The number of nitrogens with one attached hydrogen (secondary N) is 2. The molecule has 0 unspecified atom stereocenters. The minimum absolute atomic E-state index is 0.0370. The van der Waals surface area contributed by atoms with Crippen molar-refractivity contribution in [2.75, 3.05) is 5.32 Å². The smallest absolute Gasteiger partial charge is 0.139 e. The maximum absolute atomic E-state index is 9.61. The molecular weight excluding hydrogens is 358 g/mol. The highest BCUT2D eigenvalue weighted by Gasteiger charge is 2.11. The first kappa shape index (κ1) is 17.6. The average Bonchev–Trinajstić information content (AvgIpc) is 3.13. The zero-order valence-corrected chi connectivity index (χ0v) is 15.7. The van der Waals surface area contributed by atoms with Gasteiger partial charge in [-0.05, 0) is 53.4 Å². The van der Waals surface area contributed by atoms with Crippen LogP contribution in [0.1, 0.15) is 18.1 Å². The number of pyridine rings is 1. The van der Waals surface area contributed by atoms with Gasteiger partial charge >= 0.3 is 0 Å². The monoisotopic (exact) mass is 377 g/mol. The molecule has 4 aromatic rings. The summed E-state index contributed by atoms with van der Waals surface area (Å²) in [5, 5.41) is 14.9. The highest BCUT2D eigenvalue weighted by atomic mass is 35.5. The number of aliphatic hydroxyl groups is 1. The Labute approximate surface area is 162 Å². The fourth-order valence-corrected chi connectivity index (χ4v) is 3.51. The molecule has 2 aromatic heterocycles. The molecule has 0 saturated heterocycles. The van der Waals surface area contributed by atoms with Gasteiger partial charge in [-0.15, -0.1) is 0 Å². The molecule has 0 saturated carbocycles. The summed E-state index contributed by atoms with van der Waals surface area (Å²) in [6, 6.07) is 17.7. The van der Waals surface area contributed by atoms with Crippen LogP contribution in [0.4, 0.5) is 11.4 Å². The lowest BCUT2D eigenvalue weighted by Gasteiger charge is -2.14. The lowest BCUT2D eigenvalue weighted by atomic mass is 10.0. The molecule has 27 heavy (non-hydrogen) atoms. The average molecular weight is 378 g/mol. The van der Waals surface area contributed by atoms with Crippen LogP contribution in [0.15, 0.2) is 60.8 Å². The first-order valence-electron chi connectivity index (χ1n) is 8.92. The number of H-pyrrole nitrogens is 1. The molecule has 0 radical (unpaired) electrons. The summed E-state index contributed by atoms with van der Waals surface area (Å²) in [6.07, 6.45) is 2.63. The van der Waals surface area contributed by atoms with Gasteiger partial charge in [-0.2, -0.15) is 0 Å². The van der Waals surface area contributed by atoms with E-state index in [-0.39, 0.29) is 6.61 Å². The maximum atomic E-state index is 9.61. The number of fused-ring (bicyclic) bond motifs is 1. The van der Waals surface area contributed by atoms with E-state index in [1.807, 2.05) is 48.5 Å². The van der Waals surface area contributed by atoms with E-state index >= 15 is 0 Å². The number of aliphatic hydroxyl groups excluding tert-OH is 1. The zero-order valence-electron chi connectivity index (χ0n) is 15.0. The fraction of sp³-hybridized carbons (Fsp3) is 0.136. The quantitative estimate of drug-likeness (QED) is 0.419. The van der Waals surface area contributed by atoms with Crippen molar-refractivity contribution < 1.29 is 5.11 Å². The van der Waals surface area contributed by atoms with Gasteiger partial charge in [0.2, 0.25) is 0 Å². The number of benzene rings is 2. The van der Waals surface area contributed by atoms with Crippen LogP contribution in [-0.2, 0) is 13.0 Å². The summed E-state index contributed by atoms with van der Waals surface area (Å²) in [7, 11) is 0. The second-order valence-electron chi connectivity index (χ2n) is 6.39. The van der Waals surface area contributed by atoms with Crippen molar-refractivity contribution in [3.05, 3.63) is 76.9 Å². The van der Waals surface area contributed by atoms with Gasteiger partial charge in [-0.3, -0.25) is 0 Å². The van der Waals surface area contributed by atoms with Crippen molar-refractivity contribution in [3.63, 3.8) is 0 Å². The Bertz CT molecular complexity index is 1090. The molecule has 3 N–H and O–H groups in total. The van der Waals surface area contributed by atoms with Crippen molar-refractivity contribution in [3.8, 4) is 11.3 Å². The number of rotatable bonds is 5. The Balaban J connectivity index is 1.76. The SMILES string of the molecule is CCc1c(CO)cccc1Nc1ccnc2[nH]c(-c3ccc(Cl)cc3)cc12. The molecule has 0 aliphatic rings. The number of halogens is 1. The van der Waals surface area contributed by atoms with Crippen LogP contribution in [0.25, 0.3) is 22.3 Å². The fourth-order valence-electron chi connectivity index (χ4n) is 3.38. The standard InChI is InChI=1S/C22H20ClN3O/c1-2-17-15(13-27)4-3-5-19(17)25-20-10-11-24-22-18(20)12-21(26-22)14-6-8-16(23)9-7-14/h3-12,27H,2,13H2,1H3,(H2,24,25,26). The number of hydrogen-bond acceptors (Lipinski definition) is 3. The van der Waals surface area contributed by atoms with E-state index in [0.29, 0.717) is 5.02 Å². The second kappa shape index (κ2) is 7.43. The first-order valence-corrected chi connectivity index (χ1v) is 9.29. The van der Waals surface area contributed by atoms with Gasteiger partial charge in [0.1, 0.15) is 5.65 Å². The van der Waals surface area contributed by atoms with Gasteiger partial charge in [0.05, 0.1) is 12.3 Å². The molecular formula is C22H20ClN3O. The van der Waals surface area contributed by atoms with Crippen LogP contribution in [0, 0.1) is 0 Å². The van der Waals surface area contributed by atoms with Gasteiger partial charge in [0.15, 0.2) is 0 Å². The molecule has 0 spiro atoms. The van der Waals surface area contributed by atoms with Crippen molar-refractivity contribution in [1.82, 2.24) is 9.97 Å². The molecule has 0 aliphatic heterocycles. The summed E-state index contributed by atoms with van der Waals surface area (Å²) in [6.45, 7) is 2.13. The number of hydrogen-bond donors (Lipinski definition) is 3. The minimum Gasteiger partial charge on any atom is -0.392 e. The molecule has 2 heterocycles. The molecule has 2 aromatic carbocycles. The molecule has 0 aliphatic carbocycles. The summed E-state index contributed by atoms with van der Waals surface area (Å²) < 4.78 is 0. The van der Waals surface area contributed by atoms with E-state index in [1.165, 1.54) is 0 Å².